The summed E-state index contributed by atoms with van der Waals surface area (Å²) in [6.45, 7) is 7.41. The van der Waals surface area contributed by atoms with Crippen molar-refractivity contribution < 1.29 is 0 Å². The summed E-state index contributed by atoms with van der Waals surface area (Å²) in [5.74, 6) is 1.03. The molecule has 0 spiro atoms. The molecule has 2 heterocycles. The average Bonchev–Trinajstić information content (AvgIpc) is 2.79. The first-order chi connectivity index (χ1) is 10.2. The average molecular weight is 300 g/mol. The Bertz CT molecular complexity index is 779. The van der Waals surface area contributed by atoms with Gasteiger partial charge in [0.1, 0.15) is 5.52 Å². The molecule has 0 fully saturated rings. The second kappa shape index (κ2) is 6.02. The van der Waals surface area contributed by atoms with Crippen molar-refractivity contribution in [2.45, 2.75) is 45.3 Å². The van der Waals surface area contributed by atoms with Crippen LogP contribution in [0.2, 0.25) is 0 Å². The van der Waals surface area contributed by atoms with E-state index in [2.05, 4.69) is 53.7 Å². The molecule has 4 nitrogen and oxygen atoms in total. The fourth-order valence-corrected chi connectivity index (χ4v) is 3.20. The standard InChI is InChI=1S/C16H20N4S/c1-4-8-20-13-7-6-11(3)10-12(13)14-15(20)17-16(19-18-14)21-9-5-2/h6-7,10H,4-5,8-9H2,1-3H3. The number of hydrogen-bond donors (Lipinski definition) is 0. The molecule has 0 unspecified atom stereocenters. The molecule has 0 aliphatic heterocycles. The maximum atomic E-state index is 4.75. The Morgan fingerprint density at radius 1 is 1.14 bits per heavy atom. The van der Waals surface area contributed by atoms with Crippen molar-refractivity contribution in [1.29, 1.82) is 0 Å². The van der Waals surface area contributed by atoms with Crippen LogP contribution in [0.4, 0.5) is 0 Å². The third-order valence-corrected chi connectivity index (χ3v) is 4.53. The van der Waals surface area contributed by atoms with Crippen LogP contribution in [-0.4, -0.2) is 25.5 Å². The van der Waals surface area contributed by atoms with Crippen molar-refractivity contribution in [1.82, 2.24) is 19.7 Å². The SMILES string of the molecule is CCCSc1nnc2c3cc(C)ccc3n(CCC)c2n1. The Kier molecular flexibility index (Phi) is 4.10. The smallest absolute Gasteiger partial charge is 0.211 e. The monoisotopic (exact) mass is 300 g/mol. The highest BCUT2D eigenvalue weighted by molar-refractivity contribution is 7.99. The number of hydrogen-bond acceptors (Lipinski definition) is 4. The molecule has 0 N–H and O–H groups in total. The van der Waals surface area contributed by atoms with Crippen molar-refractivity contribution in [3.8, 4) is 0 Å². The lowest BCUT2D eigenvalue weighted by atomic mass is 10.2. The zero-order valence-electron chi connectivity index (χ0n) is 12.8. The van der Waals surface area contributed by atoms with E-state index in [-0.39, 0.29) is 0 Å². The molecule has 1 aromatic carbocycles. The lowest BCUT2D eigenvalue weighted by molar-refractivity contribution is 0.709. The van der Waals surface area contributed by atoms with Crippen LogP contribution in [0, 0.1) is 6.92 Å². The summed E-state index contributed by atoms with van der Waals surface area (Å²) in [7, 11) is 0. The zero-order valence-corrected chi connectivity index (χ0v) is 13.6. The van der Waals surface area contributed by atoms with E-state index in [0.717, 1.165) is 46.8 Å². The van der Waals surface area contributed by atoms with Gasteiger partial charge in [0.15, 0.2) is 5.65 Å². The fourth-order valence-electron chi connectivity index (χ4n) is 2.56. The Morgan fingerprint density at radius 3 is 2.76 bits per heavy atom. The maximum Gasteiger partial charge on any atom is 0.211 e. The fraction of sp³-hybridized carbons (Fsp3) is 0.438. The van der Waals surface area contributed by atoms with Gasteiger partial charge in [-0.25, -0.2) is 4.98 Å². The zero-order chi connectivity index (χ0) is 14.8. The van der Waals surface area contributed by atoms with Crippen LogP contribution in [0.15, 0.2) is 23.4 Å². The highest BCUT2D eigenvalue weighted by Crippen LogP contribution is 2.28. The quantitative estimate of drug-likeness (QED) is 0.662. The van der Waals surface area contributed by atoms with Gasteiger partial charge in [-0.15, -0.1) is 10.2 Å². The summed E-state index contributed by atoms with van der Waals surface area (Å²) in [6, 6.07) is 6.50. The van der Waals surface area contributed by atoms with E-state index in [9.17, 15) is 0 Å². The number of nitrogens with zero attached hydrogens (tertiary/aromatic N) is 4. The number of thioether (sulfide) groups is 1. The Labute approximate surface area is 129 Å². The van der Waals surface area contributed by atoms with Crippen LogP contribution >= 0.6 is 11.8 Å². The molecule has 0 bridgehead atoms. The van der Waals surface area contributed by atoms with E-state index in [1.807, 2.05) is 0 Å². The molecular formula is C16H20N4S. The second-order valence-electron chi connectivity index (χ2n) is 5.29. The van der Waals surface area contributed by atoms with Gasteiger partial charge in [0.05, 0.1) is 5.52 Å². The molecule has 110 valence electrons. The Balaban J connectivity index is 2.23. The van der Waals surface area contributed by atoms with Gasteiger partial charge in [-0.05, 0) is 31.9 Å². The van der Waals surface area contributed by atoms with Gasteiger partial charge in [0.25, 0.3) is 0 Å². The number of fused-ring (bicyclic) bond motifs is 3. The van der Waals surface area contributed by atoms with E-state index in [0.29, 0.717) is 0 Å². The summed E-state index contributed by atoms with van der Waals surface area (Å²) in [6.07, 6.45) is 2.19. The molecule has 21 heavy (non-hydrogen) atoms. The largest absolute Gasteiger partial charge is 0.324 e. The number of aryl methyl sites for hydroxylation is 2. The Morgan fingerprint density at radius 2 is 2.00 bits per heavy atom. The van der Waals surface area contributed by atoms with E-state index in [4.69, 9.17) is 4.98 Å². The van der Waals surface area contributed by atoms with E-state index < -0.39 is 0 Å². The molecule has 2 aromatic heterocycles. The van der Waals surface area contributed by atoms with Crippen LogP contribution in [0.5, 0.6) is 0 Å². The van der Waals surface area contributed by atoms with Gasteiger partial charge in [0, 0.05) is 17.7 Å². The van der Waals surface area contributed by atoms with Crippen LogP contribution in [-0.2, 0) is 6.54 Å². The van der Waals surface area contributed by atoms with Crippen LogP contribution in [0.25, 0.3) is 22.1 Å². The van der Waals surface area contributed by atoms with E-state index in [1.54, 1.807) is 11.8 Å². The number of rotatable bonds is 5. The summed E-state index contributed by atoms with van der Waals surface area (Å²) >= 11 is 1.68. The molecule has 5 heteroatoms. The van der Waals surface area contributed by atoms with Gasteiger partial charge in [0.2, 0.25) is 5.16 Å². The lowest BCUT2D eigenvalue weighted by Gasteiger charge is -2.04. The van der Waals surface area contributed by atoms with Gasteiger partial charge < -0.3 is 4.57 Å². The molecular weight excluding hydrogens is 280 g/mol. The van der Waals surface area contributed by atoms with Crippen LogP contribution < -0.4 is 0 Å². The molecule has 0 radical (unpaired) electrons. The predicted molar refractivity (Wildman–Crippen MR) is 88.9 cm³/mol. The van der Waals surface area contributed by atoms with E-state index >= 15 is 0 Å². The van der Waals surface area contributed by atoms with Crippen molar-refractivity contribution >= 4 is 33.8 Å². The van der Waals surface area contributed by atoms with Gasteiger partial charge >= 0.3 is 0 Å². The first-order valence-electron chi connectivity index (χ1n) is 7.50. The highest BCUT2D eigenvalue weighted by Gasteiger charge is 2.14. The minimum atomic E-state index is 0.779. The van der Waals surface area contributed by atoms with Gasteiger partial charge in [-0.2, -0.15) is 0 Å². The molecule has 0 amide bonds. The number of benzene rings is 1. The number of aromatic nitrogens is 4. The normalized spacial score (nSPS) is 11.6. The summed E-state index contributed by atoms with van der Waals surface area (Å²) in [5.41, 5.74) is 4.33. The first kappa shape index (κ1) is 14.3. The molecule has 0 saturated carbocycles. The minimum Gasteiger partial charge on any atom is -0.324 e. The van der Waals surface area contributed by atoms with E-state index in [1.165, 1.54) is 11.1 Å². The molecule has 0 aliphatic carbocycles. The molecule has 3 rings (SSSR count). The topological polar surface area (TPSA) is 43.6 Å². The van der Waals surface area contributed by atoms with Crippen LogP contribution in [0.3, 0.4) is 0 Å². The van der Waals surface area contributed by atoms with Gasteiger partial charge in [-0.3, -0.25) is 0 Å². The third-order valence-electron chi connectivity index (χ3n) is 3.49. The van der Waals surface area contributed by atoms with Crippen molar-refractivity contribution in [2.75, 3.05) is 5.75 Å². The minimum absolute atomic E-state index is 0.779. The van der Waals surface area contributed by atoms with Crippen molar-refractivity contribution in [2.24, 2.45) is 0 Å². The Hall–Kier alpha value is -1.62. The highest BCUT2D eigenvalue weighted by atomic mass is 32.2. The molecule has 0 atom stereocenters. The molecule has 0 saturated heterocycles. The first-order valence-corrected chi connectivity index (χ1v) is 8.49. The summed E-state index contributed by atoms with van der Waals surface area (Å²) in [5, 5.41) is 10.7. The van der Waals surface area contributed by atoms with Crippen LogP contribution in [0.1, 0.15) is 32.3 Å². The maximum absolute atomic E-state index is 4.75. The molecule has 0 aliphatic rings. The van der Waals surface area contributed by atoms with Crippen molar-refractivity contribution in [3.63, 3.8) is 0 Å². The van der Waals surface area contributed by atoms with Gasteiger partial charge in [-0.1, -0.05) is 37.2 Å². The summed E-state index contributed by atoms with van der Waals surface area (Å²) < 4.78 is 2.27. The third kappa shape index (κ3) is 2.62. The predicted octanol–water partition coefficient (Wildman–Crippen LogP) is 4.20. The second-order valence-corrected chi connectivity index (χ2v) is 6.35. The molecule has 3 aromatic rings. The van der Waals surface area contributed by atoms with Crippen molar-refractivity contribution in [3.05, 3.63) is 23.8 Å². The summed E-state index contributed by atoms with van der Waals surface area (Å²) in [4.78, 5) is 4.75. The lowest BCUT2D eigenvalue weighted by Crippen LogP contribution is -2.00.